The molecule has 1 aromatic rings. The molecule has 0 saturated carbocycles. The van der Waals surface area contributed by atoms with E-state index in [-0.39, 0.29) is 5.75 Å². The number of aromatic hydroxyl groups is 1. The van der Waals surface area contributed by atoms with Gasteiger partial charge in [0.25, 0.3) is 0 Å². The molecule has 0 atom stereocenters. The second kappa shape index (κ2) is 3.98. The molecule has 0 fully saturated rings. The van der Waals surface area contributed by atoms with Gasteiger partial charge in [-0.25, -0.2) is 5.48 Å². The topological polar surface area (TPSA) is 52.5 Å². The van der Waals surface area contributed by atoms with Crippen molar-refractivity contribution in [2.24, 2.45) is 0 Å². The number of phenols is 1. The van der Waals surface area contributed by atoms with Gasteiger partial charge in [0, 0.05) is 12.1 Å². The molecule has 2 rings (SSSR count). The number of hydrogen-bond acceptors (Lipinski definition) is 3. The Hall–Kier alpha value is -1.06. The molecule has 3 N–H and O–H groups in total. The molecule has 1 aliphatic carbocycles. The number of fused-ring (bicyclic) bond motifs is 1. The van der Waals surface area contributed by atoms with Crippen molar-refractivity contribution in [3.8, 4) is 5.75 Å². The third-order valence-electron chi connectivity index (χ3n) is 2.81. The van der Waals surface area contributed by atoms with Gasteiger partial charge in [-0.3, -0.25) is 0 Å². The molecule has 1 aliphatic rings. The summed E-state index contributed by atoms with van der Waals surface area (Å²) in [7, 11) is 0. The fourth-order valence-corrected chi connectivity index (χ4v) is 2.05. The minimum Gasteiger partial charge on any atom is -0.508 e. The van der Waals surface area contributed by atoms with E-state index in [0.29, 0.717) is 6.54 Å². The maximum Gasteiger partial charge on any atom is 0.120 e. The van der Waals surface area contributed by atoms with Crippen molar-refractivity contribution >= 4 is 0 Å². The number of rotatable bonds is 2. The van der Waals surface area contributed by atoms with E-state index in [9.17, 15) is 5.11 Å². The molecule has 0 aliphatic heterocycles. The van der Waals surface area contributed by atoms with E-state index in [2.05, 4.69) is 5.48 Å². The van der Waals surface area contributed by atoms with Gasteiger partial charge in [-0.2, -0.15) is 0 Å². The van der Waals surface area contributed by atoms with Crippen LogP contribution >= 0.6 is 0 Å². The fourth-order valence-electron chi connectivity index (χ4n) is 2.05. The highest BCUT2D eigenvalue weighted by Gasteiger charge is 2.12. The molecule has 3 nitrogen and oxygen atoms in total. The minimum atomic E-state index is 0.284. The molecule has 76 valence electrons. The molecule has 14 heavy (non-hydrogen) atoms. The standard InChI is InChI=1S/C11H15NO2/c13-11-6-9-4-2-1-3-8(9)5-10(11)7-12-14/h5-6,12-14H,1-4,7H2. The first-order valence-corrected chi connectivity index (χ1v) is 5.02. The Morgan fingerprint density at radius 2 is 1.79 bits per heavy atom. The summed E-state index contributed by atoms with van der Waals surface area (Å²) < 4.78 is 0. The van der Waals surface area contributed by atoms with Gasteiger partial charge in [0.2, 0.25) is 0 Å². The van der Waals surface area contributed by atoms with Crippen LogP contribution in [0.25, 0.3) is 0 Å². The van der Waals surface area contributed by atoms with E-state index in [4.69, 9.17) is 5.21 Å². The predicted molar refractivity (Wildman–Crippen MR) is 53.4 cm³/mol. The van der Waals surface area contributed by atoms with Gasteiger partial charge in [0.05, 0.1) is 0 Å². The molecule has 0 bridgehead atoms. The van der Waals surface area contributed by atoms with Crippen LogP contribution in [0.2, 0.25) is 0 Å². The zero-order valence-electron chi connectivity index (χ0n) is 8.08. The number of aryl methyl sites for hydroxylation is 2. The van der Waals surface area contributed by atoms with Crippen molar-refractivity contribution in [2.75, 3.05) is 0 Å². The molecule has 0 unspecified atom stereocenters. The zero-order valence-corrected chi connectivity index (χ0v) is 8.08. The number of phenolic OH excluding ortho intramolecular Hbond substituents is 1. The highest BCUT2D eigenvalue weighted by atomic mass is 16.5. The lowest BCUT2D eigenvalue weighted by Gasteiger charge is -2.17. The summed E-state index contributed by atoms with van der Waals surface area (Å²) in [5.41, 5.74) is 5.42. The first-order chi connectivity index (χ1) is 6.81. The van der Waals surface area contributed by atoms with E-state index in [0.717, 1.165) is 18.4 Å². The number of nitrogens with one attached hydrogen (secondary N) is 1. The summed E-state index contributed by atoms with van der Waals surface area (Å²) in [6.45, 7) is 0.305. The molecular weight excluding hydrogens is 178 g/mol. The van der Waals surface area contributed by atoms with Crippen molar-refractivity contribution in [3.63, 3.8) is 0 Å². The second-order valence-electron chi connectivity index (χ2n) is 3.79. The van der Waals surface area contributed by atoms with Crippen LogP contribution in [0.3, 0.4) is 0 Å². The van der Waals surface area contributed by atoms with Gasteiger partial charge in [-0.15, -0.1) is 0 Å². The summed E-state index contributed by atoms with van der Waals surface area (Å²) in [4.78, 5) is 0. The van der Waals surface area contributed by atoms with Crippen LogP contribution in [-0.4, -0.2) is 10.3 Å². The summed E-state index contributed by atoms with van der Waals surface area (Å²) in [6, 6.07) is 3.83. The van der Waals surface area contributed by atoms with E-state index >= 15 is 0 Å². The Morgan fingerprint density at radius 1 is 1.14 bits per heavy atom. The maximum absolute atomic E-state index is 9.65. The van der Waals surface area contributed by atoms with Crippen LogP contribution < -0.4 is 5.48 Å². The molecule has 0 radical (unpaired) electrons. The van der Waals surface area contributed by atoms with Gasteiger partial charge in [0.15, 0.2) is 0 Å². The monoisotopic (exact) mass is 193 g/mol. The van der Waals surface area contributed by atoms with Crippen molar-refractivity contribution in [1.82, 2.24) is 5.48 Å². The Labute approximate surface area is 83.3 Å². The highest BCUT2D eigenvalue weighted by Crippen LogP contribution is 2.28. The van der Waals surface area contributed by atoms with E-state index in [1.807, 2.05) is 12.1 Å². The SMILES string of the molecule is ONCc1cc2c(cc1O)CCCC2. The Kier molecular flexibility index (Phi) is 2.70. The Balaban J connectivity index is 2.35. The quantitative estimate of drug-likeness (QED) is 0.627. The molecule has 0 amide bonds. The largest absolute Gasteiger partial charge is 0.508 e. The van der Waals surface area contributed by atoms with Crippen molar-refractivity contribution < 1.29 is 10.3 Å². The van der Waals surface area contributed by atoms with Crippen LogP contribution in [0.15, 0.2) is 12.1 Å². The molecule has 0 spiro atoms. The van der Waals surface area contributed by atoms with Crippen LogP contribution in [0, 0.1) is 0 Å². The minimum absolute atomic E-state index is 0.284. The third kappa shape index (κ3) is 1.74. The Bertz CT molecular complexity index is 336. The smallest absolute Gasteiger partial charge is 0.120 e. The maximum atomic E-state index is 9.65. The summed E-state index contributed by atoms with van der Waals surface area (Å²) in [5, 5.41) is 18.2. The van der Waals surface area contributed by atoms with Crippen molar-refractivity contribution in [3.05, 3.63) is 28.8 Å². The molecule has 0 aromatic heterocycles. The predicted octanol–water partition coefficient (Wildman–Crippen LogP) is 1.75. The Morgan fingerprint density at radius 3 is 2.43 bits per heavy atom. The third-order valence-corrected chi connectivity index (χ3v) is 2.81. The van der Waals surface area contributed by atoms with Crippen LogP contribution in [0.5, 0.6) is 5.75 Å². The van der Waals surface area contributed by atoms with Gasteiger partial charge in [-0.05, 0) is 42.9 Å². The average molecular weight is 193 g/mol. The summed E-state index contributed by atoms with van der Waals surface area (Å²) >= 11 is 0. The summed E-state index contributed by atoms with van der Waals surface area (Å²) in [6.07, 6.45) is 4.59. The molecular formula is C11H15NO2. The van der Waals surface area contributed by atoms with Gasteiger partial charge in [-0.1, -0.05) is 6.07 Å². The highest BCUT2D eigenvalue weighted by molar-refractivity contribution is 5.42. The van der Waals surface area contributed by atoms with Gasteiger partial charge >= 0.3 is 0 Å². The summed E-state index contributed by atoms with van der Waals surface area (Å²) in [5.74, 6) is 0.284. The molecule has 1 aromatic carbocycles. The van der Waals surface area contributed by atoms with E-state index < -0.39 is 0 Å². The van der Waals surface area contributed by atoms with E-state index in [1.165, 1.54) is 24.0 Å². The fraction of sp³-hybridized carbons (Fsp3) is 0.455. The molecule has 0 heterocycles. The lowest BCUT2D eigenvalue weighted by atomic mass is 9.90. The number of hydrogen-bond donors (Lipinski definition) is 3. The second-order valence-corrected chi connectivity index (χ2v) is 3.79. The lowest BCUT2D eigenvalue weighted by Crippen LogP contribution is -2.09. The van der Waals surface area contributed by atoms with E-state index in [1.54, 1.807) is 0 Å². The van der Waals surface area contributed by atoms with Crippen molar-refractivity contribution in [2.45, 2.75) is 32.2 Å². The van der Waals surface area contributed by atoms with Crippen LogP contribution in [0.1, 0.15) is 29.5 Å². The van der Waals surface area contributed by atoms with Gasteiger partial charge < -0.3 is 10.3 Å². The number of hydroxylamine groups is 1. The first-order valence-electron chi connectivity index (χ1n) is 5.02. The molecule has 3 heteroatoms. The first kappa shape index (κ1) is 9.49. The average Bonchev–Trinajstić information content (AvgIpc) is 2.19. The van der Waals surface area contributed by atoms with Crippen molar-refractivity contribution in [1.29, 1.82) is 0 Å². The normalized spacial score (nSPS) is 15.2. The van der Waals surface area contributed by atoms with Crippen LogP contribution in [-0.2, 0) is 19.4 Å². The van der Waals surface area contributed by atoms with Crippen LogP contribution in [0.4, 0.5) is 0 Å². The van der Waals surface area contributed by atoms with Gasteiger partial charge in [0.1, 0.15) is 5.75 Å². The molecule has 0 saturated heterocycles. The number of benzene rings is 1. The lowest BCUT2D eigenvalue weighted by molar-refractivity contribution is 0.160. The zero-order chi connectivity index (χ0) is 9.97.